The van der Waals surface area contributed by atoms with Crippen LogP contribution in [0.1, 0.15) is 49.6 Å². The zero-order valence-electron chi connectivity index (χ0n) is 9.87. The Morgan fingerprint density at radius 1 is 1.13 bits per heavy atom. The Bertz CT molecular complexity index is 417. The molecule has 0 unspecified atom stereocenters. The van der Waals surface area contributed by atoms with Crippen LogP contribution in [0.15, 0.2) is 17.5 Å². The quantitative estimate of drug-likeness (QED) is 0.626. The third-order valence-corrected chi connectivity index (χ3v) is 3.84. The molecule has 0 amide bonds. The molecule has 0 nitrogen and oxygen atoms in total. The third-order valence-electron chi connectivity index (χ3n) is 2.86. The predicted octanol–water partition coefficient (Wildman–Crippen LogP) is 4.94. The van der Waals surface area contributed by atoms with Crippen molar-refractivity contribution in [2.45, 2.75) is 33.6 Å². The molecule has 0 bridgehead atoms. The molecule has 0 aliphatic heterocycles. The molecule has 1 aliphatic carbocycles. The zero-order valence-corrected chi connectivity index (χ0v) is 10.7. The highest BCUT2D eigenvalue weighted by atomic mass is 32.1. The van der Waals surface area contributed by atoms with Gasteiger partial charge in [0.25, 0.3) is 0 Å². The molecule has 0 aromatic carbocycles. The number of thiophene rings is 1. The highest BCUT2D eigenvalue weighted by Crippen LogP contribution is 2.35. The molecule has 0 N–H and O–H groups in total. The first-order valence-corrected chi connectivity index (χ1v) is 6.37. The van der Waals surface area contributed by atoms with Crippen LogP contribution in [0.5, 0.6) is 0 Å². The third kappa shape index (κ3) is 2.07. The molecule has 1 aromatic heterocycles. The van der Waals surface area contributed by atoms with Crippen LogP contribution in [0.2, 0.25) is 0 Å². The topological polar surface area (TPSA) is 0 Å². The van der Waals surface area contributed by atoms with Crippen molar-refractivity contribution in [1.29, 1.82) is 0 Å². The fourth-order valence-electron chi connectivity index (χ4n) is 1.79. The van der Waals surface area contributed by atoms with E-state index in [2.05, 4.69) is 57.4 Å². The summed E-state index contributed by atoms with van der Waals surface area (Å²) in [6.07, 6.45) is 9.15. The van der Waals surface area contributed by atoms with Crippen LogP contribution in [-0.4, -0.2) is 0 Å². The normalized spacial score (nSPS) is 17.9. The van der Waals surface area contributed by atoms with E-state index < -0.39 is 0 Å². The summed E-state index contributed by atoms with van der Waals surface area (Å²) in [7, 11) is 0. The molecule has 1 heterocycles. The zero-order chi connectivity index (χ0) is 11.1. The molecule has 2 rings (SSSR count). The van der Waals surface area contributed by atoms with E-state index in [4.69, 9.17) is 0 Å². The van der Waals surface area contributed by atoms with Crippen LogP contribution in [-0.2, 0) is 0 Å². The summed E-state index contributed by atoms with van der Waals surface area (Å²) in [6.45, 7) is 9.00. The standard InChI is InChI=1S/C14H18S/c1-10(2)12-9-15-13-6-8-14(3,4)7-5-11(12)13/h5-10H,1-4H3. The van der Waals surface area contributed by atoms with E-state index in [1.165, 1.54) is 16.0 Å². The van der Waals surface area contributed by atoms with Gasteiger partial charge in [0, 0.05) is 10.3 Å². The van der Waals surface area contributed by atoms with Gasteiger partial charge >= 0.3 is 0 Å². The molecule has 0 saturated heterocycles. The number of hydrogen-bond donors (Lipinski definition) is 0. The summed E-state index contributed by atoms with van der Waals surface area (Å²) in [5.74, 6) is 0.615. The summed E-state index contributed by atoms with van der Waals surface area (Å²) in [5, 5.41) is 2.29. The van der Waals surface area contributed by atoms with Crippen LogP contribution in [0.3, 0.4) is 0 Å². The Morgan fingerprint density at radius 3 is 2.47 bits per heavy atom. The summed E-state index contributed by atoms with van der Waals surface area (Å²) in [6, 6.07) is 0. The predicted molar refractivity (Wildman–Crippen MR) is 70.3 cm³/mol. The van der Waals surface area contributed by atoms with Gasteiger partial charge in [-0.05, 0) is 28.5 Å². The molecular weight excluding hydrogens is 200 g/mol. The minimum Gasteiger partial charge on any atom is -0.144 e. The second kappa shape index (κ2) is 3.64. The lowest BCUT2D eigenvalue weighted by Crippen LogP contribution is -2.00. The summed E-state index contributed by atoms with van der Waals surface area (Å²) in [5.41, 5.74) is 3.10. The maximum Gasteiger partial charge on any atom is 0.0342 e. The monoisotopic (exact) mass is 218 g/mol. The van der Waals surface area contributed by atoms with Crippen LogP contribution in [0, 0.1) is 5.41 Å². The van der Waals surface area contributed by atoms with Gasteiger partial charge in [0.05, 0.1) is 0 Å². The Hall–Kier alpha value is -0.820. The van der Waals surface area contributed by atoms with Crippen LogP contribution in [0.25, 0.3) is 12.2 Å². The van der Waals surface area contributed by atoms with Crippen LogP contribution >= 0.6 is 11.3 Å². The van der Waals surface area contributed by atoms with Crippen molar-refractivity contribution in [3.05, 3.63) is 33.5 Å². The first-order valence-electron chi connectivity index (χ1n) is 5.49. The average Bonchev–Trinajstić information content (AvgIpc) is 2.49. The lowest BCUT2D eigenvalue weighted by Gasteiger charge is -2.12. The van der Waals surface area contributed by atoms with Gasteiger partial charge in [-0.3, -0.25) is 0 Å². The molecule has 0 atom stereocenters. The molecule has 0 radical (unpaired) electrons. The van der Waals surface area contributed by atoms with Gasteiger partial charge in [0.2, 0.25) is 0 Å². The van der Waals surface area contributed by atoms with E-state index in [9.17, 15) is 0 Å². The first-order chi connectivity index (χ1) is 6.99. The van der Waals surface area contributed by atoms with E-state index in [1.54, 1.807) is 0 Å². The van der Waals surface area contributed by atoms with Gasteiger partial charge in [-0.2, -0.15) is 0 Å². The summed E-state index contributed by atoms with van der Waals surface area (Å²) in [4.78, 5) is 1.40. The number of fused-ring (bicyclic) bond motifs is 1. The molecule has 15 heavy (non-hydrogen) atoms. The van der Waals surface area contributed by atoms with E-state index in [0.717, 1.165) is 0 Å². The van der Waals surface area contributed by atoms with E-state index in [0.29, 0.717) is 5.92 Å². The van der Waals surface area contributed by atoms with E-state index >= 15 is 0 Å². The van der Waals surface area contributed by atoms with Crippen molar-refractivity contribution >= 4 is 23.5 Å². The van der Waals surface area contributed by atoms with Crippen molar-refractivity contribution in [2.24, 2.45) is 5.41 Å². The van der Waals surface area contributed by atoms with Gasteiger partial charge in [-0.1, -0.05) is 45.9 Å². The molecular formula is C14H18S. The van der Waals surface area contributed by atoms with Gasteiger partial charge in [0.1, 0.15) is 0 Å². The fraction of sp³-hybridized carbons (Fsp3) is 0.429. The van der Waals surface area contributed by atoms with Crippen molar-refractivity contribution in [2.75, 3.05) is 0 Å². The number of hydrogen-bond acceptors (Lipinski definition) is 1. The Labute approximate surface area is 96.3 Å². The molecule has 80 valence electrons. The van der Waals surface area contributed by atoms with Crippen molar-refractivity contribution < 1.29 is 0 Å². The van der Waals surface area contributed by atoms with Crippen LogP contribution in [0.4, 0.5) is 0 Å². The second-order valence-corrected chi connectivity index (χ2v) is 6.02. The van der Waals surface area contributed by atoms with Crippen molar-refractivity contribution in [3.63, 3.8) is 0 Å². The fourth-order valence-corrected chi connectivity index (χ4v) is 2.91. The molecule has 1 aliphatic rings. The van der Waals surface area contributed by atoms with Gasteiger partial charge in [-0.25, -0.2) is 0 Å². The molecule has 0 spiro atoms. The second-order valence-electron chi connectivity index (χ2n) is 5.11. The first kappa shape index (κ1) is 10.7. The minimum absolute atomic E-state index is 0.187. The SMILES string of the molecule is CC(C)c1csc2c1C=CC(C)(C)C=C2. The molecule has 0 fully saturated rings. The molecule has 1 heteroatoms. The number of allylic oxidation sites excluding steroid dienone is 2. The van der Waals surface area contributed by atoms with Gasteiger partial charge in [-0.15, -0.1) is 11.3 Å². The molecule has 0 saturated carbocycles. The lowest BCUT2D eigenvalue weighted by atomic mass is 9.93. The largest absolute Gasteiger partial charge is 0.144 e. The highest BCUT2D eigenvalue weighted by Gasteiger charge is 2.16. The summed E-state index contributed by atoms with van der Waals surface area (Å²) < 4.78 is 0. The molecule has 1 aromatic rings. The lowest BCUT2D eigenvalue weighted by molar-refractivity contribution is 0.633. The smallest absolute Gasteiger partial charge is 0.0342 e. The van der Waals surface area contributed by atoms with E-state index in [-0.39, 0.29) is 5.41 Å². The van der Waals surface area contributed by atoms with Gasteiger partial charge < -0.3 is 0 Å². The van der Waals surface area contributed by atoms with E-state index in [1.807, 2.05) is 11.3 Å². The maximum absolute atomic E-state index is 2.30. The Balaban J connectivity index is 2.51. The Kier molecular flexibility index (Phi) is 2.59. The summed E-state index contributed by atoms with van der Waals surface area (Å²) >= 11 is 1.86. The minimum atomic E-state index is 0.187. The average molecular weight is 218 g/mol. The van der Waals surface area contributed by atoms with Crippen molar-refractivity contribution in [1.82, 2.24) is 0 Å². The number of rotatable bonds is 1. The van der Waals surface area contributed by atoms with Gasteiger partial charge in [0.15, 0.2) is 0 Å². The highest BCUT2D eigenvalue weighted by molar-refractivity contribution is 7.11. The van der Waals surface area contributed by atoms with Crippen LogP contribution < -0.4 is 0 Å². The maximum atomic E-state index is 2.30. The Morgan fingerprint density at radius 2 is 1.80 bits per heavy atom. The van der Waals surface area contributed by atoms with Crippen molar-refractivity contribution in [3.8, 4) is 0 Å².